The first-order valence-electron chi connectivity index (χ1n) is 6.28. The van der Waals surface area contributed by atoms with Crippen molar-refractivity contribution < 1.29 is 14.9 Å². The summed E-state index contributed by atoms with van der Waals surface area (Å²) in [5.74, 6) is 0.588. The summed E-state index contributed by atoms with van der Waals surface area (Å²) in [5, 5.41) is 23.0. The largest absolute Gasteiger partial charge is 0.504 e. The molecule has 19 heavy (non-hydrogen) atoms. The van der Waals surface area contributed by atoms with Crippen molar-refractivity contribution in [2.24, 2.45) is 0 Å². The van der Waals surface area contributed by atoms with Crippen LogP contribution < -0.4 is 10.1 Å². The van der Waals surface area contributed by atoms with Gasteiger partial charge in [-0.15, -0.1) is 0 Å². The number of likely N-dealkylation sites (N-methyl/N-ethyl adjacent to an activating group) is 1. The molecule has 0 aromatic heterocycles. The van der Waals surface area contributed by atoms with Crippen LogP contribution in [0.1, 0.15) is 12.5 Å². The highest BCUT2D eigenvalue weighted by atomic mass is 16.5. The molecule has 0 spiro atoms. The Morgan fingerprint density at radius 1 is 1.37 bits per heavy atom. The van der Waals surface area contributed by atoms with Gasteiger partial charge in [-0.25, -0.2) is 0 Å². The van der Waals surface area contributed by atoms with Crippen molar-refractivity contribution in [2.75, 3.05) is 34.3 Å². The quantitative estimate of drug-likeness (QED) is 0.683. The summed E-state index contributed by atoms with van der Waals surface area (Å²) in [5.41, 5.74) is 0.164. The molecule has 0 saturated carbocycles. The number of methoxy groups -OCH3 is 1. The van der Waals surface area contributed by atoms with E-state index in [1.807, 2.05) is 25.1 Å². The lowest BCUT2D eigenvalue weighted by atomic mass is 10.1. The van der Waals surface area contributed by atoms with Crippen LogP contribution >= 0.6 is 0 Å². The van der Waals surface area contributed by atoms with E-state index in [4.69, 9.17) is 4.74 Å². The van der Waals surface area contributed by atoms with Gasteiger partial charge in [-0.05, 0) is 38.7 Å². The molecule has 0 amide bonds. The van der Waals surface area contributed by atoms with E-state index in [2.05, 4.69) is 5.32 Å². The van der Waals surface area contributed by atoms with Crippen LogP contribution in [0, 0.1) is 0 Å². The highest BCUT2D eigenvalue weighted by molar-refractivity contribution is 5.41. The average Bonchev–Trinajstić information content (AvgIpc) is 2.27. The van der Waals surface area contributed by atoms with Crippen molar-refractivity contribution in [3.05, 3.63) is 23.8 Å². The topological polar surface area (TPSA) is 65.0 Å². The van der Waals surface area contributed by atoms with Gasteiger partial charge in [-0.2, -0.15) is 0 Å². The van der Waals surface area contributed by atoms with E-state index in [9.17, 15) is 10.2 Å². The Bertz CT molecular complexity index is 406. The summed E-state index contributed by atoms with van der Waals surface area (Å²) >= 11 is 0. The third-order valence-corrected chi connectivity index (χ3v) is 2.74. The first kappa shape index (κ1) is 15.8. The molecular formula is C14H24N2O3. The fourth-order valence-corrected chi connectivity index (χ4v) is 2.06. The second kappa shape index (κ2) is 6.75. The minimum Gasteiger partial charge on any atom is -0.504 e. The van der Waals surface area contributed by atoms with Gasteiger partial charge in [0.15, 0.2) is 11.5 Å². The molecule has 108 valence electrons. The van der Waals surface area contributed by atoms with E-state index >= 15 is 0 Å². The number of phenolic OH excluding ortho intramolecular Hbond substituents is 1. The fourth-order valence-electron chi connectivity index (χ4n) is 2.06. The molecule has 0 bridgehead atoms. The lowest BCUT2D eigenvalue weighted by molar-refractivity contribution is 0.0336. The third kappa shape index (κ3) is 5.46. The van der Waals surface area contributed by atoms with Crippen LogP contribution in [0.25, 0.3) is 0 Å². The van der Waals surface area contributed by atoms with Crippen LogP contribution in [0.4, 0.5) is 0 Å². The van der Waals surface area contributed by atoms with E-state index in [-0.39, 0.29) is 5.75 Å². The molecule has 0 aliphatic heterocycles. The van der Waals surface area contributed by atoms with Gasteiger partial charge < -0.3 is 25.2 Å². The third-order valence-electron chi connectivity index (χ3n) is 2.74. The molecule has 1 atom stereocenters. The van der Waals surface area contributed by atoms with Crippen molar-refractivity contribution in [2.45, 2.75) is 19.1 Å². The van der Waals surface area contributed by atoms with Crippen LogP contribution in [0.15, 0.2) is 18.2 Å². The zero-order chi connectivity index (χ0) is 14.5. The number of nitrogens with one attached hydrogen (secondary N) is 1. The summed E-state index contributed by atoms with van der Waals surface area (Å²) in [6.45, 7) is 3.46. The Kier molecular flexibility index (Phi) is 5.60. The molecular weight excluding hydrogens is 244 g/mol. The van der Waals surface area contributed by atoms with Crippen LogP contribution in [0.2, 0.25) is 0 Å². The van der Waals surface area contributed by atoms with Crippen LogP contribution in [0.3, 0.4) is 0 Å². The zero-order valence-corrected chi connectivity index (χ0v) is 12.1. The lowest BCUT2D eigenvalue weighted by Gasteiger charge is -2.27. The van der Waals surface area contributed by atoms with Gasteiger partial charge in [-0.3, -0.25) is 0 Å². The summed E-state index contributed by atoms with van der Waals surface area (Å²) in [6, 6.07) is 5.27. The van der Waals surface area contributed by atoms with E-state index in [0.717, 1.165) is 5.56 Å². The molecule has 1 aromatic carbocycles. The van der Waals surface area contributed by atoms with Crippen molar-refractivity contribution in [1.82, 2.24) is 10.2 Å². The Hall–Kier alpha value is -1.30. The number of nitrogens with zero attached hydrogens (tertiary/aromatic N) is 1. The number of aliphatic hydroxyl groups is 1. The van der Waals surface area contributed by atoms with Crippen LogP contribution in [-0.4, -0.2) is 55.0 Å². The molecule has 0 radical (unpaired) electrons. The predicted molar refractivity (Wildman–Crippen MR) is 75.5 cm³/mol. The highest BCUT2D eigenvalue weighted by Crippen LogP contribution is 2.26. The van der Waals surface area contributed by atoms with E-state index in [1.165, 1.54) is 7.11 Å². The SMILES string of the molecule is COc1ccc(CNCC(C)(O)CN(C)C)cc1O. The maximum absolute atomic E-state index is 10.1. The maximum atomic E-state index is 10.1. The molecule has 0 fully saturated rings. The smallest absolute Gasteiger partial charge is 0.160 e. The lowest BCUT2D eigenvalue weighted by Crippen LogP contribution is -2.45. The number of rotatable bonds is 7. The van der Waals surface area contributed by atoms with Crippen LogP contribution in [0.5, 0.6) is 11.5 Å². The summed E-state index contributed by atoms with van der Waals surface area (Å²) in [7, 11) is 5.37. The molecule has 0 heterocycles. The predicted octanol–water partition coefficient (Wildman–Crippen LogP) is 0.803. The van der Waals surface area contributed by atoms with E-state index in [1.54, 1.807) is 19.1 Å². The number of aromatic hydroxyl groups is 1. The normalized spacial score (nSPS) is 14.4. The standard InChI is InChI=1S/C14H24N2O3/c1-14(18,10-16(2)3)9-15-8-11-5-6-13(19-4)12(17)7-11/h5-7,15,17-18H,8-10H2,1-4H3. The fraction of sp³-hybridized carbons (Fsp3) is 0.571. The molecule has 1 aromatic rings. The van der Waals surface area contributed by atoms with E-state index < -0.39 is 5.60 Å². The van der Waals surface area contributed by atoms with Gasteiger partial charge in [0, 0.05) is 19.6 Å². The monoisotopic (exact) mass is 268 g/mol. The van der Waals surface area contributed by atoms with Gasteiger partial charge in [0.1, 0.15) is 0 Å². The molecule has 5 nitrogen and oxygen atoms in total. The Morgan fingerprint density at radius 2 is 2.05 bits per heavy atom. The second-order valence-electron chi connectivity index (χ2n) is 5.34. The number of ether oxygens (including phenoxy) is 1. The molecule has 3 N–H and O–H groups in total. The number of hydrogen-bond donors (Lipinski definition) is 3. The van der Waals surface area contributed by atoms with Crippen molar-refractivity contribution >= 4 is 0 Å². The Morgan fingerprint density at radius 3 is 2.58 bits per heavy atom. The Balaban J connectivity index is 2.47. The van der Waals surface area contributed by atoms with Crippen molar-refractivity contribution in [3.8, 4) is 11.5 Å². The molecule has 1 unspecified atom stereocenters. The second-order valence-corrected chi connectivity index (χ2v) is 5.34. The maximum Gasteiger partial charge on any atom is 0.160 e. The van der Waals surface area contributed by atoms with Gasteiger partial charge in [0.05, 0.1) is 12.7 Å². The average molecular weight is 268 g/mol. The molecule has 1 rings (SSSR count). The zero-order valence-electron chi connectivity index (χ0n) is 12.1. The molecule has 0 saturated heterocycles. The number of phenols is 1. The highest BCUT2D eigenvalue weighted by Gasteiger charge is 2.20. The van der Waals surface area contributed by atoms with Gasteiger partial charge in [0.2, 0.25) is 0 Å². The molecule has 0 aliphatic rings. The number of hydrogen-bond acceptors (Lipinski definition) is 5. The van der Waals surface area contributed by atoms with Crippen molar-refractivity contribution in [3.63, 3.8) is 0 Å². The summed E-state index contributed by atoms with van der Waals surface area (Å²) < 4.78 is 4.99. The minimum absolute atomic E-state index is 0.127. The molecule has 5 heteroatoms. The van der Waals surface area contributed by atoms with Crippen molar-refractivity contribution in [1.29, 1.82) is 0 Å². The summed E-state index contributed by atoms with van der Waals surface area (Å²) in [6.07, 6.45) is 0. The van der Waals surface area contributed by atoms with Gasteiger partial charge >= 0.3 is 0 Å². The summed E-state index contributed by atoms with van der Waals surface area (Å²) in [4.78, 5) is 1.95. The Labute approximate surface area is 114 Å². The number of benzene rings is 1. The molecule has 0 aliphatic carbocycles. The first-order chi connectivity index (χ1) is 8.84. The van der Waals surface area contributed by atoms with Gasteiger partial charge in [0.25, 0.3) is 0 Å². The van der Waals surface area contributed by atoms with Gasteiger partial charge in [-0.1, -0.05) is 6.07 Å². The van der Waals surface area contributed by atoms with E-state index in [0.29, 0.717) is 25.4 Å². The van der Waals surface area contributed by atoms with Crippen LogP contribution in [-0.2, 0) is 6.54 Å². The first-order valence-corrected chi connectivity index (χ1v) is 6.28. The minimum atomic E-state index is -0.780.